The number of ether oxygens (including phenoxy) is 3. The van der Waals surface area contributed by atoms with Crippen LogP contribution in [0, 0.1) is 6.92 Å². The Hall–Kier alpha value is -3.78. The van der Waals surface area contributed by atoms with Crippen LogP contribution in [0.4, 0.5) is 0 Å². The molecule has 34 heavy (non-hydrogen) atoms. The van der Waals surface area contributed by atoms with Crippen molar-refractivity contribution in [1.82, 2.24) is 4.90 Å². The number of benzene rings is 2. The summed E-state index contributed by atoms with van der Waals surface area (Å²) < 4.78 is 16.3. The summed E-state index contributed by atoms with van der Waals surface area (Å²) in [5, 5.41) is 13.1. The molecule has 3 aromatic rings. The quantitative estimate of drug-likeness (QED) is 0.289. The molecule has 0 saturated carbocycles. The van der Waals surface area contributed by atoms with Crippen molar-refractivity contribution in [3.63, 3.8) is 0 Å². The number of ketones is 1. The molecule has 4 rings (SSSR count). The van der Waals surface area contributed by atoms with Gasteiger partial charge in [0.05, 0.1) is 37.9 Å². The van der Waals surface area contributed by atoms with Crippen molar-refractivity contribution >= 4 is 28.8 Å². The van der Waals surface area contributed by atoms with Crippen LogP contribution in [0.1, 0.15) is 22.0 Å². The Labute approximate surface area is 201 Å². The van der Waals surface area contributed by atoms with E-state index in [1.54, 1.807) is 43.5 Å². The Morgan fingerprint density at radius 1 is 1.03 bits per heavy atom. The molecule has 1 fully saturated rings. The zero-order valence-corrected chi connectivity index (χ0v) is 19.9. The predicted octanol–water partition coefficient (Wildman–Crippen LogP) is 4.57. The van der Waals surface area contributed by atoms with E-state index >= 15 is 0 Å². The van der Waals surface area contributed by atoms with Gasteiger partial charge in [-0.25, -0.2) is 0 Å². The van der Waals surface area contributed by atoms with Crippen molar-refractivity contribution in [3.8, 4) is 17.2 Å². The van der Waals surface area contributed by atoms with E-state index in [1.165, 1.54) is 23.3 Å². The molecule has 1 atom stereocenters. The fourth-order valence-corrected chi connectivity index (χ4v) is 4.78. The molecule has 0 spiro atoms. The van der Waals surface area contributed by atoms with Gasteiger partial charge in [-0.3, -0.25) is 9.59 Å². The molecule has 7 nitrogen and oxygen atoms in total. The van der Waals surface area contributed by atoms with E-state index in [-0.39, 0.29) is 24.5 Å². The lowest BCUT2D eigenvalue weighted by Gasteiger charge is -2.24. The fourth-order valence-electron chi connectivity index (χ4n) is 3.94. The monoisotopic (exact) mass is 479 g/mol. The molecule has 0 bridgehead atoms. The van der Waals surface area contributed by atoms with Gasteiger partial charge in [0.2, 0.25) is 0 Å². The van der Waals surface area contributed by atoms with Crippen LogP contribution in [0.5, 0.6) is 17.2 Å². The molecule has 1 saturated heterocycles. The number of aliphatic hydroxyl groups excluding tert-OH is 1. The van der Waals surface area contributed by atoms with Gasteiger partial charge in [0.1, 0.15) is 29.6 Å². The van der Waals surface area contributed by atoms with Gasteiger partial charge in [-0.15, -0.1) is 11.3 Å². The third kappa shape index (κ3) is 4.49. The SMILES string of the molecule is COc1ccc(OCCN2C(=O)C(=O)/C(=C(\O)c3cc(C)ccc3OC)C2c2cccs2)cc1. The predicted molar refractivity (Wildman–Crippen MR) is 130 cm³/mol. The van der Waals surface area contributed by atoms with E-state index in [4.69, 9.17) is 14.2 Å². The highest BCUT2D eigenvalue weighted by Gasteiger charge is 2.46. The van der Waals surface area contributed by atoms with Crippen LogP contribution < -0.4 is 14.2 Å². The third-order valence-corrected chi connectivity index (χ3v) is 6.55. The highest BCUT2D eigenvalue weighted by molar-refractivity contribution is 7.10. The van der Waals surface area contributed by atoms with Crippen molar-refractivity contribution in [2.24, 2.45) is 0 Å². The molecule has 176 valence electrons. The molecule has 1 aliphatic rings. The first-order valence-corrected chi connectivity index (χ1v) is 11.6. The maximum absolute atomic E-state index is 13.1. The van der Waals surface area contributed by atoms with E-state index in [0.29, 0.717) is 22.8 Å². The summed E-state index contributed by atoms with van der Waals surface area (Å²) in [6, 6.07) is 15.4. The van der Waals surface area contributed by atoms with Crippen LogP contribution in [-0.2, 0) is 9.59 Å². The van der Waals surface area contributed by atoms with E-state index in [9.17, 15) is 14.7 Å². The van der Waals surface area contributed by atoms with Gasteiger partial charge in [0.15, 0.2) is 0 Å². The zero-order chi connectivity index (χ0) is 24.2. The van der Waals surface area contributed by atoms with E-state index < -0.39 is 17.7 Å². The average Bonchev–Trinajstić information content (AvgIpc) is 3.46. The highest BCUT2D eigenvalue weighted by Crippen LogP contribution is 2.42. The minimum Gasteiger partial charge on any atom is -0.507 e. The Morgan fingerprint density at radius 3 is 2.41 bits per heavy atom. The largest absolute Gasteiger partial charge is 0.507 e. The zero-order valence-electron chi connectivity index (χ0n) is 19.1. The standard InChI is InChI=1S/C26H25NO6S/c1-16-6-11-20(32-3)19(15-16)24(28)22-23(21-5-4-14-34-21)27(26(30)25(22)29)12-13-33-18-9-7-17(31-2)8-10-18/h4-11,14-15,23,28H,12-13H2,1-3H3/b24-22-. The molecule has 2 aromatic carbocycles. The maximum Gasteiger partial charge on any atom is 0.295 e. The van der Waals surface area contributed by atoms with Gasteiger partial charge in [-0.05, 0) is 54.8 Å². The van der Waals surface area contributed by atoms with Crippen LogP contribution in [0.15, 0.2) is 65.6 Å². The number of amides is 1. The fraction of sp³-hybridized carbons (Fsp3) is 0.231. The van der Waals surface area contributed by atoms with Gasteiger partial charge in [0.25, 0.3) is 11.7 Å². The van der Waals surface area contributed by atoms with Gasteiger partial charge < -0.3 is 24.2 Å². The number of aliphatic hydroxyl groups is 1. The van der Waals surface area contributed by atoms with Gasteiger partial charge in [-0.1, -0.05) is 17.7 Å². The first-order valence-electron chi connectivity index (χ1n) is 10.7. The molecule has 1 amide bonds. The van der Waals surface area contributed by atoms with Crippen LogP contribution >= 0.6 is 11.3 Å². The Kier molecular flexibility index (Phi) is 6.88. The summed E-state index contributed by atoms with van der Waals surface area (Å²) in [6.45, 7) is 2.22. The number of nitrogens with zero attached hydrogens (tertiary/aromatic N) is 1. The topological polar surface area (TPSA) is 85.3 Å². The minimum absolute atomic E-state index is 0.0424. The van der Waals surface area contributed by atoms with Crippen molar-refractivity contribution in [2.75, 3.05) is 27.4 Å². The second-order valence-electron chi connectivity index (χ2n) is 7.74. The molecular formula is C26H25NO6S. The van der Waals surface area contributed by atoms with Crippen LogP contribution in [0.25, 0.3) is 5.76 Å². The Balaban J connectivity index is 1.66. The Morgan fingerprint density at radius 2 is 1.76 bits per heavy atom. The molecule has 2 heterocycles. The second-order valence-corrected chi connectivity index (χ2v) is 8.71. The maximum atomic E-state index is 13.1. The van der Waals surface area contributed by atoms with Crippen molar-refractivity contribution < 1.29 is 28.9 Å². The first kappa shape index (κ1) is 23.4. The minimum atomic E-state index is -0.732. The lowest BCUT2D eigenvalue weighted by Crippen LogP contribution is -2.33. The van der Waals surface area contributed by atoms with E-state index in [1.807, 2.05) is 30.5 Å². The highest BCUT2D eigenvalue weighted by atomic mass is 32.1. The molecule has 1 aromatic heterocycles. The summed E-state index contributed by atoms with van der Waals surface area (Å²) in [7, 11) is 3.08. The van der Waals surface area contributed by atoms with Gasteiger partial charge in [-0.2, -0.15) is 0 Å². The number of hydrogen-bond acceptors (Lipinski definition) is 7. The van der Waals surface area contributed by atoms with Crippen molar-refractivity contribution in [3.05, 3.63) is 81.6 Å². The number of methoxy groups -OCH3 is 2. The molecule has 0 aliphatic carbocycles. The second kappa shape index (κ2) is 10.0. The third-order valence-electron chi connectivity index (χ3n) is 5.62. The van der Waals surface area contributed by atoms with Crippen LogP contribution in [0.3, 0.4) is 0 Å². The van der Waals surface area contributed by atoms with E-state index in [0.717, 1.165) is 10.4 Å². The van der Waals surface area contributed by atoms with Crippen molar-refractivity contribution in [2.45, 2.75) is 13.0 Å². The summed E-state index contributed by atoms with van der Waals surface area (Å²) in [5.74, 6) is 0.0866. The number of likely N-dealkylation sites (tertiary alicyclic amines) is 1. The number of rotatable bonds is 8. The lowest BCUT2D eigenvalue weighted by atomic mass is 9.98. The number of hydrogen-bond donors (Lipinski definition) is 1. The van der Waals surface area contributed by atoms with Crippen LogP contribution in [-0.4, -0.2) is 49.1 Å². The average molecular weight is 480 g/mol. The molecule has 1 N–H and O–H groups in total. The molecule has 0 radical (unpaired) electrons. The smallest absolute Gasteiger partial charge is 0.295 e. The molecule has 1 aliphatic heterocycles. The number of thiophene rings is 1. The van der Waals surface area contributed by atoms with E-state index in [2.05, 4.69) is 0 Å². The lowest BCUT2D eigenvalue weighted by molar-refractivity contribution is -0.140. The van der Waals surface area contributed by atoms with Crippen LogP contribution in [0.2, 0.25) is 0 Å². The number of aryl methyl sites for hydroxylation is 1. The summed E-state index contributed by atoms with van der Waals surface area (Å²) in [6.07, 6.45) is 0. The number of carbonyl (C=O) groups is 2. The summed E-state index contributed by atoms with van der Waals surface area (Å²) in [4.78, 5) is 28.4. The Bertz CT molecular complexity index is 1220. The molecule has 8 heteroatoms. The first-order chi connectivity index (χ1) is 16.4. The van der Waals surface area contributed by atoms with Gasteiger partial charge >= 0.3 is 0 Å². The van der Waals surface area contributed by atoms with Gasteiger partial charge in [0, 0.05) is 4.88 Å². The summed E-state index contributed by atoms with van der Waals surface area (Å²) >= 11 is 1.41. The number of Topliss-reactive ketones (excluding diaryl/α,β-unsaturated/α-hetero) is 1. The molecule has 1 unspecified atom stereocenters. The normalized spacial score (nSPS) is 17.1. The van der Waals surface area contributed by atoms with Crippen molar-refractivity contribution in [1.29, 1.82) is 0 Å². The molecular weight excluding hydrogens is 454 g/mol. The summed E-state index contributed by atoms with van der Waals surface area (Å²) in [5.41, 5.74) is 1.30. The number of carbonyl (C=O) groups excluding carboxylic acids is 2.